The maximum Gasteiger partial charge on any atom is 0.137 e. The van der Waals surface area contributed by atoms with Crippen LogP contribution in [0, 0.1) is 0 Å². The zero-order chi connectivity index (χ0) is 31.7. The zero-order valence-electron chi connectivity index (χ0n) is 26.7. The lowest BCUT2D eigenvalue weighted by Crippen LogP contribution is -2.21. The van der Waals surface area contributed by atoms with E-state index in [2.05, 4.69) is 170 Å². The quantitative estimate of drug-likeness (QED) is 0.199. The Morgan fingerprint density at radius 3 is 1.94 bits per heavy atom. The number of anilines is 3. The van der Waals surface area contributed by atoms with Gasteiger partial charge in [-0.2, -0.15) is 0 Å². The molecule has 0 radical (unpaired) electrons. The van der Waals surface area contributed by atoms with Crippen molar-refractivity contribution in [3.63, 3.8) is 0 Å². The van der Waals surface area contributed by atoms with Gasteiger partial charge in [-0.1, -0.05) is 97.1 Å². The minimum absolute atomic E-state index is 0.106. The van der Waals surface area contributed by atoms with Crippen molar-refractivity contribution in [2.45, 2.75) is 26.3 Å². The first kappa shape index (κ1) is 27.5. The van der Waals surface area contributed by atoms with Crippen LogP contribution in [0.15, 0.2) is 156 Å². The van der Waals surface area contributed by atoms with Crippen molar-refractivity contribution < 1.29 is 4.42 Å². The normalized spacial score (nSPS) is 12.1. The van der Waals surface area contributed by atoms with Gasteiger partial charge in [0.05, 0.1) is 5.52 Å². The third-order valence-electron chi connectivity index (χ3n) is 9.42. The minimum Gasteiger partial charge on any atom is -0.456 e. The van der Waals surface area contributed by atoms with Crippen LogP contribution in [-0.4, -0.2) is 4.57 Å². The number of furan rings is 1. The van der Waals surface area contributed by atoms with Crippen LogP contribution in [0.3, 0.4) is 0 Å². The Balaban J connectivity index is 1.32. The molecular weight excluding hydrogens is 572 g/mol. The number of aromatic nitrogens is 1. The van der Waals surface area contributed by atoms with Gasteiger partial charge in [0.2, 0.25) is 0 Å². The maximum absolute atomic E-state index is 6.41. The molecule has 2 aromatic heterocycles. The Hall–Kier alpha value is -5.80. The van der Waals surface area contributed by atoms with Gasteiger partial charge in [-0.15, -0.1) is 0 Å². The minimum atomic E-state index is -0.106. The molecule has 0 atom stereocenters. The molecule has 0 saturated carbocycles. The van der Waals surface area contributed by atoms with Gasteiger partial charge in [-0.3, -0.25) is 0 Å². The summed E-state index contributed by atoms with van der Waals surface area (Å²) < 4.78 is 8.89. The summed E-state index contributed by atoms with van der Waals surface area (Å²) in [6, 6.07) is 54.6. The molecule has 9 aromatic rings. The van der Waals surface area contributed by atoms with E-state index in [0.717, 1.165) is 39.0 Å². The summed E-state index contributed by atoms with van der Waals surface area (Å²) in [6.45, 7) is 6.85. The summed E-state index contributed by atoms with van der Waals surface area (Å²) in [7, 11) is 0. The van der Waals surface area contributed by atoms with Gasteiger partial charge >= 0.3 is 0 Å². The first-order valence-electron chi connectivity index (χ1n) is 16.3. The van der Waals surface area contributed by atoms with Crippen molar-refractivity contribution in [1.29, 1.82) is 0 Å². The molecule has 0 fully saturated rings. The lowest BCUT2D eigenvalue weighted by molar-refractivity contribution is 0.423. The van der Waals surface area contributed by atoms with Crippen LogP contribution in [0.1, 0.15) is 20.8 Å². The van der Waals surface area contributed by atoms with Gasteiger partial charge < -0.3 is 13.9 Å². The van der Waals surface area contributed by atoms with Crippen LogP contribution in [-0.2, 0) is 5.54 Å². The Labute approximate surface area is 273 Å². The van der Waals surface area contributed by atoms with Crippen molar-refractivity contribution >= 4 is 71.6 Å². The van der Waals surface area contributed by atoms with Gasteiger partial charge in [0, 0.05) is 55.7 Å². The summed E-state index contributed by atoms with van der Waals surface area (Å²) in [5.41, 5.74) is 9.81. The molecular formula is C44H34N2O. The largest absolute Gasteiger partial charge is 0.456 e. The molecule has 226 valence electrons. The number of rotatable bonds is 4. The zero-order valence-corrected chi connectivity index (χ0v) is 26.7. The third kappa shape index (κ3) is 4.42. The van der Waals surface area contributed by atoms with Gasteiger partial charge in [0.25, 0.3) is 0 Å². The predicted octanol–water partition coefficient (Wildman–Crippen LogP) is 12.7. The van der Waals surface area contributed by atoms with E-state index in [1.54, 1.807) is 0 Å². The molecule has 0 saturated heterocycles. The van der Waals surface area contributed by atoms with E-state index < -0.39 is 0 Å². The van der Waals surface area contributed by atoms with E-state index in [9.17, 15) is 0 Å². The Kier molecular flexibility index (Phi) is 6.07. The van der Waals surface area contributed by atoms with E-state index in [4.69, 9.17) is 4.42 Å². The Morgan fingerprint density at radius 2 is 1.11 bits per heavy atom. The first-order valence-corrected chi connectivity index (χ1v) is 16.3. The van der Waals surface area contributed by atoms with Crippen LogP contribution in [0.4, 0.5) is 17.1 Å². The van der Waals surface area contributed by atoms with Crippen molar-refractivity contribution in [3.05, 3.63) is 152 Å². The fourth-order valence-corrected chi connectivity index (χ4v) is 7.39. The lowest BCUT2D eigenvalue weighted by atomic mass is 9.97. The van der Waals surface area contributed by atoms with Gasteiger partial charge in [-0.05, 0) is 91.2 Å². The van der Waals surface area contributed by atoms with Crippen LogP contribution in [0.25, 0.3) is 65.6 Å². The maximum atomic E-state index is 6.41. The van der Waals surface area contributed by atoms with Crippen molar-refractivity contribution in [2.24, 2.45) is 0 Å². The summed E-state index contributed by atoms with van der Waals surface area (Å²) in [6.07, 6.45) is 0. The highest BCUT2D eigenvalue weighted by Crippen LogP contribution is 2.43. The molecule has 0 bridgehead atoms. The molecule has 3 nitrogen and oxygen atoms in total. The number of nitrogens with zero attached hydrogens (tertiary/aromatic N) is 2. The molecule has 0 unspecified atom stereocenters. The SMILES string of the molecule is CC(C)(C)n1c2ccccc2c2ccc(N(c3ccc4c(c3)oc3ccccc34)c3ccc4cccc(-c5ccccc5)c4c3)cc21. The van der Waals surface area contributed by atoms with Gasteiger partial charge in [-0.25, -0.2) is 0 Å². The van der Waals surface area contributed by atoms with E-state index in [1.165, 1.54) is 43.7 Å². The molecule has 9 rings (SSSR count). The monoisotopic (exact) mass is 606 g/mol. The molecule has 2 heterocycles. The fraction of sp³-hybridized carbons (Fsp3) is 0.0909. The summed E-state index contributed by atoms with van der Waals surface area (Å²) in [4.78, 5) is 2.37. The predicted molar refractivity (Wildman–Crippen MR) is 199 cm³/mol. The highest BCUT2D eigenvalue weighted by molar-refractivity contribution is 6.10. The van der Waals surface area contributed by atoms with Crippen LogP contribution >= 0.6 is 0 Å². The first-order chi connectivity index (χ1) is 22.9. The third-order valence-corrected chi connectivity index (χ3v) is 9.42. The average molecular weight is 607 g/mol. The standard InChI is InChI=1S/C44H34N2O/c1-44(2,3)46-40-18-9-7-15-35(40)36-24-22-32(27-41(36)46)45(33-23-25-38-37-16-8-10-19-42(37)47-43(38)28-33)31-21-20-30-14-11-17-34(39(30)26-31)29-12-5-4-6-13-29/h4-28H,1-3H3. The molecule has 0 N–H and O–H groups in total. The summed E-state index contributed by atoms with van der Waals surface area (Å²) in [5.74, 6) is 0. The Bertz CT molecular complexity index is 2620. The number of hydrogen-bond donors (Lipinski definition) is 0. The number of para-hydroxylation sites is 2. The lowest BCUT2D eigenvalue weighted by Gasteiger charge is -2.28. The number of benzene rings is 7. The smallest absolute Gasteiger partial charge is 0.137 e. The molecule has 0 amide bonds. The Morgan fingerprint density at radius 1 is 0.468 bits per heavy atom. The molecule has 47 heavy (non-hydrogen) atoms. The second-order valence-electron chi connectivity index (χ2n) is 13.4. The molecule has 0 aliphatic rings. The molecule has 3 heteroatoms. The van der Waals surface area contributed by atoms with E-state index in [0.29, 0.717) is 0 Å². The van der Waals surface area contributed by atoms with E-state index in [-0.39, 0.29) is 5.54 Å². The van der Waals surface area contributed by atoms with Crippen LogP contribution in [0.2, 0.25) is 0 Å². The van der Waals surface area contributed by atoms with Crippen molar-refractivity contribution in [3.8, 4) is 11.1 Å². The van der Waals surface area contributed by atoms with Crippen molar-refractivity contribution in [1.82, 2.24) is 4.57 Å². The topological polar surface area (TPSA) is 21.3 Å². The molecule has 0 aliphatic heterocycles. The van der Waals surface area contributed by atoms with Crippen molar-refractivity contribution in [2.75, 3.05) is 4.90 Å². The number of hydrogen-bond acceptors (Lipinski definition) is 2. The fourth-order valence-electron chi connectivity index (χ4n) is 7.39. The average Bonchev–Trinajstić information content (AvgIpc) is 3.64. The highest BCUT2D eigenvalue weighted by atomic mass is 16.3. The second-order valence-corrected chi connectivity index (χ2v) is 13.4. The van der Waals surface area contributed by atoms with E-state index in [1.807, 2.05) is 12.1 Å². The van der Waals surface area contributed by atoms with Crippen LogP contribution in [0.5, 0.6) is 0 Å². The summed E-state index contributed by atoms with van der Waals surface area (Å²) in [5, 5.41) is 7.23. The molecule has 7 aromatic carbocycles. The molecule has 0 spiro atoms. The second kappa shape index (κ2) is 10.4. The van der Waals surface area contributed by atoms with Gasteiger partial charge in [0.15, 0.2) is 0 Å². The van der Waals surface area contributed by atoms with Gasteiger partial charge in [0.1, 0.15) is 11.2 Å². The highest BCUT2D eigenvalue weighted by Gasteiger charge is 2.23. The molecule has 0 aliphatic carbocycles. The van der Waals surface area contributed by atoms with Crippen LogP contribution < -0.4 is 4.90 Å². The van der Waals surface area contributed by atoms with E-state index >= 15 is 0 Å². The summed E-state index contributed by atoms with van der Waals surface area (Å²) >= 11 is 0. The number of fused-ring (bicyclic) bond motifs is 7.